The number of carbonyl (C=O) groups excluding carboxylic acids is 1. The Balaban J connectivity index is 1.41. The van der Waals surface area contributed by atoms with Gasteiger partial charge < -0.3 is 9.80 Å². The summed E-state index contributed by atoms with van der Waals surface area (Å²) in [5.41, 5.74) is 0. The minimum absolute atomic E-state index is 0.250. The van der Waals surface area contributed by atoms with Crippen LogP contribution in [-0.2, 0) is 4.79 Å². The van der Waals surface area contributed by atoms with Crippen molar-refractivity contribution >= 4 is 23.6 Å². The van der Waals surface area contributed by atoms with Gasteiger partial charge >= 0.3 is 0 Å². The Hall–Kier alpha value is -1.24. The Labute approximate surface area is 160 Å². The Morgan fingerprint density at radius 3 is 2.50 bits per heavy atom. The lowest BCUT2D eigenvalue weighted by atomic mass is 10.00. The Kier molecular flexibility index (Phi) is 5.43. The molecule has 4 rings (SSSR count). The molecule has 0 N–H and O–H groups in total. The fraction of sp³-hybridized carbons (Fsp3) is 0.842. The number of amides is 1. The van der Waals surface area contributed by atoms with Crippen LogP contribution in [0.15, 0.2) is 5.16 Å². The SMILES string of the molecule is CC1CCN(c2nnc(SCC(=O)N3CCCC(C)C3)n2C2CC2)CC1. The zero-order chi connectivity index (χ0) is 18.1. The first-order valence-electron chi connectivity index (χ1n) is 10.2. The highest BCUT2D eigenvalue weighted by Crippen LogP contribution is 2.41. The molecule has 0 radical (unpaired) electrons. The summed E-state index contributed by atoms with van der Waals surface area (Å²) in [5, 5.41) is 9.92. The molecule has 2 saturated heterocycles. The fourth-order valence-corrected chi connectivity index (χ4v) is 4.98. The van der Waals surface area contributed by atoms with Gasteiger partial charge in [0, 0.05) is 32.2 Å². The average Bonchev–Trinajstić information content (AvgIpc) is 3.40. The lowest BCUT2D eigenvalue weighted by Gasteiger charge is -2.31. The van der Waals surface area contributed by atoms with Crippen LogP contribution in [0.2, 0.25) is 0 Å². The van der Waals surface area contributed by atoms with Gasteiger partial charge in [-0.2, -0.15) is 0 Å². The lowest BCUT2D eigenvalue weighted by Crippen LogP contribution is -2.40. The van der Waals surface area contributed by atoms with Gasteiger partial charge in [-0.15, -0.1) is 10.2 Å². The van der Waals surface area contributed by atoms with Gasteiger partial charge in [0.25, 0.3) is 0 Å². The highest BCUT2D eigenvalue weighted by molar-refractivity contribution is 7.99. The number of hydrogen-bond donors (Lipinski definition) is 0. The van der Waals surface area contributed by atoms with Crippen molar-refractivity contribution in [2.24, 2.45) is 11.8 Å². The molecule has 144 valence electrons. The van der Waals surface area contributed by atoms with E-state index in [2.05, 4.69) is 33.5 Å². The van der Waals surface area contributed by atoms with Crippen molar-refractivity contribution in [3.8, 4) is 0 Å². The molecule has 1 amide bonds. The monoisotopic (exact) mass is 377 g/mol. The van der Waals surface area contributed by atoms with E-state index >= 15 is 0 Å². The van der Waals surface area contributed by atoms with E-state index < -0.39 is 0 Å². The van der Waals surface area contributed by atoms with Crippen molar-refractivity contribution in [3.05, 3.63) is 0 Å². The average molecular weight is 378 g/mol. The number of hydrogen-bond acceptors (Lipinski definition) is 5. The van der Waals surface area contributed by atoms with Gasteiger partial charge in [-0.05, 0) is 50.4 Å². The quantitative estimate of drug-likeness (QED) is 0.738. The van der Waals surface area contributed by atoms with Crippen LogP contribution in [-0.4, -0.2) is 57.5 Å². The lowest BCUT2D eigenvalue weighted by molar-refractivity contribution is -0.130. The minimum atomic E-state index is 0.250. The molecular formula is C19H31N5OS. The van der Waals surface area contributed by atoms with Crippen molar-refractivity contribution in [3.63, 3.8) is 0 Å². The van der Waals surface area contributed by atoms with Gasteiger partial charge in [-0.3, -0.25) is 9.36 Å². The van der Waals surface area contributed by atoms with Crippen LogP contribution in [0.4, 0.5) is 5.95 Å². The van der Waals surface area contributed by atoms with E-state index in [-0.39, 0.29) is 5.91 Å². The highest BCUT2D eigenvalue weighted by atomic mass is 32.2. The minimum Gasteiger partial charge on any atom is -0.342 e. The normalized spacial score (nSPS) is 24.9. The van der Waals surface area contributed by atoms with Crippen LogP contribution in [0, 0.1) is 11.8 Å². The van der Waals surface area contributed by atoms with E-state index in [0.717, 1.165) is 49.6 Å². The molecule has 3 fully saturated rings. The van der Waals surface area contributed by atoms with Crippen molar-refractivity contribution in [2.45, 2.75) is 63.6 Å². The Bertz CT molecular complexity index is 636. The van der Waals surface area contributed by atoms with Gasteiger partial charge in [0.15, 0.2) is 5.16 Å². The molecule has 1 aromatic heterocycles. The maximum absolute atomic E-state index is 12.6. The highest BCUT2D eigenvalue weighted by Gasteiger charge is 2.33. The molecule has 1 aromatic rings. The summed E-state index contributed by atoms with van der Waals surface area (Å²) < 4.78 is 2.31. The maximum atomic E-state index is 12.6. The fourth-order valence-electron chi connectivity index (χ4n) is 4.08. The van der Waals surface area contributed by atoms with E-state index in [4.69, 9.17) is 0 Å². The molecule has 26 heavy (non-hydrogen) atoms. The number of nitrogens with zero attached hydrogens (tertiary/aromatic N) is 5. The molecule has 1 saturated carbocycles. The summed E-state index contributed by atoms with van der Waals surface area (Å²) >= 11 is 1.58. The third-order valence-electron chi connectivity index (χ3n) is 5.96. The number of carbonyl (C=O) groups is 1. The number of piperidine rings is 2. The van der Waals surface area contributed by atoms with Crippen molar-refractivity contribution in [1.82, 2.24) is 19.7 Å². The van der Waals surface area contributed by atoms with Crippen LogP contribution in [0.3, 0.4) is 0 Å². The third-order valence-corrected chi connectivity index (χ3v) is 6.89. The predicted octanol–water partition coefficient (Wildman–Crippen LogP) is 3.20. The summed E-state index contributed by atoms with van der Waals surface area (Å²) in [5.74, 6) is 3.19. The van der Waals surface area contributed by atoms with Gasteiger partial charge in [0.05, 0.1) is 5.75 Å². The topological polar surface area (TPSA) is 54.3 Å². The van der Waals surface area contributed by atoms with Crippen LogP contribution in [0.25, 0.3) is 0 Å². The van der Waals surface area contributed by atoms with Crippen molar-refractivity contribution < 1.29 is 4.79 Å². The molecule has 0 bridgehead atoms. The summed E-state index contributed by atoms with van der Waals surface area (Å²) in [4.78, 5) is 17.0. The van der Waals surface area contributed by atoms with Gasteiger partial charge in [0.2, 0.25) is 11.9 Å². The third kappa shape index (κ3) is 4.02. The van der Waals surface area contributed by atoms with Gasteiger partial charge in [-0.1, -0.05) is 25.6 Å². The number of likely N-dealkylation sites (tertiary alicyclic amines) is 1. The molecule has 3 aliphatic rings. The van der Waals surface area contributed by atoms with Crippen LogP contribution >= 0.6 is 11.8 Å². The molecule has 1 atom stereocenters. The van der Waals surface area contributed by atoms with Crippen molar-refractivity contribution in [1.29, 1.82) is 0 Å². The molecule has 6 nitrogen and oxygen atoms in total. The Morgan fingerprint density at radius 1 is 1.04 bits per heavy atom. The van der Waals surface area contributed by atoms with E-state index in [1.54, 1.807) is 11.8 Å². The molecule has 1 unspecified atom stereocenters. The first-order valence-corrected chi connectivity index (χ1v) is 11.2. The number of thioether (sulfide) groups is 1. The molecule has 0 aromatic carbocycles. The second-order valence-electron chi connectivity index (χ2n) is 8.43. The van der Waals surface area contributed by atoms with Crippen molar-refractivity contribution in [2.75, 3.05) is 36.8 Å². The molecule has 1 aliphatic carbocycles. The second kappa shape index (κ2) is 7.79. The smallest absolute Gasteiger partial charge is 0.233 e. The summed E-state index contributed by atoms with van der Waals surface area (Å²) in [7, 11) is 0. The standard InChI is InChI=1S/C19H31N5OS/c1-14-7-10-22(11-8-14)18-20-21-19(24(18)16-5-6-16)26-13-17(25)23-9-3-4-15(2)12-23/h14-16H,3-13H2,1-2H3. The van der Waals surface area contributed by atoms with E-state index in [0.29, 0.717) is 17.7 Å². The number of anilines is 1. The Morgan fingerprint density at radius 2 is 1.81 bits per heavy atom. The van der Waals surface area contributed by atoms with E-state index in [1.807, 2.05) is 4.90 Å². The number of aromatic nitrogens is 3. The largest absolute Gasteiger partial charge is 0.342 e. The van der Waals surface area contributed by atoms with Gasteiger partial charge in [0.1, 0.15) is 0 Å². The summed E-state index contributed by atoms with van der Waals surface area (Å²) in [6, 6.07) is 0.534. The predicted molar refractivity (Wildman–Crippen MR) is 105 cm³/mol. The molecule has 2 aliphatic heterocycles. The zero-order valence-electron chi connectivity index (χ0n) is 16.1. The number of rotatable bonds is 5. The summed E-state index contributed by atoms with van der Waals surface area (Å²) in [6.07, 6.45) is 7.25. The van der Waals surface area contributed by atoms with Crippen LogP contribution in [0.5, 0.6) is 0 Å². The van der Waals surface area contributed by atoms with E-state index in [1.165, 1.54) is 32.1 Å². The second-order valence-corrected chi connectivity index (χ2v) is 9.37. The van der Waals surface area contributed by atoms with Crippen LogP contribution < -0.4 is 4.90 Å². The van der Waals surface area contributed by atoms with E-state index in [9.17, 15) is 4.79 Å². The molecule has 3 heterocycles. The first-order chi connectivity index (χ1) is 12.6. The maximum Gasteiger partial charge on any atom is 0.233 e. The van der Waals surface area contributed by atoms with Crippen LogP contribution in [0.1, 0.15) is 58.4 Å². The molecular weight excluding hydrogens is 346 g/mol. The molecule has 7 heteroatoms. The molecule has 0 spiro atoms. The summed E-state index contributed by atoms with van der Waals surface area (Å²) in [6.45, 7) is 8.53. The van der Waals surface area contributed by atoms with Gasteiger partial charge in [-0.25, -0.2) is 0 Å². The zero-order valence-corrected chi connectivity index (χ0v) is 16.9. The first kappa shape index (κ1) is 18.1.